The number of carbonyl (C=O) groups excluding carboxylic acids is 1. The molecule has 2 unspecified atom stereocenters. The van der Waals surface area contributed by atoms with Crippen LogP contribution in [0.5, 0.6) is 0 Å². The fourth-order valence-electron chi connectivity index (χ4n) is 6.76. The van der Waals surface area contributed by atoms with Gasteiger partial charge in [0, 0.05) is 42.9 Å². The van der Waals surface area contributed by atoms with Gasteiger partial charge in [0.15, 0.2) is 5.82 Å². The van der Waals surface area contributed by atoms with Crippen molar-refractivity contribution in [2.75, 3.05) is 29.9 Å². The van der Waals surface area contributed by atoms with Gasteiger partial charge in [-0.05, 0) is 76.0 Å². The zero-order valence-electron chi connectivity index (χ0n) is 19.2. The van der Waals surface area contributed by atoms with E-state index in [2.05, 4.69) is 26.5 Å². The average Bonchev–Trinajstić information content (AvgIpc) is 3.52. The van der Waals surface area contributed by atoms with Gasteiger partial charge in [0.1, 0.15) is 11.9 Å². The summed E-state index contributed by atoms with van der Waals surface area (Å²) in [6.07, 6.45) is 11.3. The highest BCUT2D eigenvalue weighted by Gasteiger charge is 2.46. The van der Waals surface area contributed by atoms with Crippen LogP contribution < -0.4 is 10.2 Å². The summed E-state index contributed by atoms with van der Waals surface area (Å²) >= 11 is 0. The lowest BCUT2D eigenvalue weighted by molar-refractivity contribution is -0.131. The lowest BCUT2D eigenvalue weighted by Crippen LogP contribution is -2.45. The molecule has 2 saturated carbocycles. The summed E-state index contributed by atoms with van der Waals surface area (Å²) in [5.74, 6) is 5.23. The van der Waals surface area contributed by atoms with Crippen LogP contribution in [0.3, 0.4) is 0 Å². The second kappa shape index (κ2) is 7.71. The number of H-pyrrole nitrogens is 1. The van der Waals surface area contributed by atoms with Gasteiger partial charge < -0.3 is 15.1 Å². The Kier molecular flexibility index (Phi) is 4.62. The first-order valence-electron chi connectivity index (χ1n) is 13.0. The third-order valence-electron chi connectivity index (χ3n) is 8.66. The maximum atomic E-state index is 13.2. The predicted octanol–water partition coefficient (Wildman–Crippen LogP) is 3.54. The minimum absolute atomic E-state index is 0.124. The van der Waals surface area contributed by atoms with Crippen molar-refractivity contribution in [2.24, 2.45) is 11.8 Å². The van der Waals surface area contributed by atoms with E-state index in [4.69, 9.17) is 9.97 Å². The Bertz CT molecular complexity index is 1060. The van der Waals surface area contributed by atoms with E-state index in [9.17, 15) is 4.79 Å². The molecule has 5 aliphatic rings. The van der Waals surface area contributed by atoms with Crippen LogP contribution in [0, 0.1) is 11.8 Å². The SMILES string of the molecule is O=C([C@@H]1CCCN1c1nc2c(c(Nc3cc(C4CC5CC5C4)[nH]n3)n1)CCC2)N1CCCC1. The first-order valence-corrected chi connectivity index (χ1v) is 13.0. The van der Waals surface area contributed by atoms with Crippen molar-refractivity contribution < 1.29 is 4.79 Å². The van der Waals surface area contributed by atoms with Crippen LogP contribution in [0.25, 0.3) is 0 Å². The van der Waals surface area contributed by atoms with Crippen LogP contribution in [0.1, 0.15) is 74.2 Å². The maximum Gasteiger partial charge on any atom is 0.245 e. The van der Waals surface area contributed by atoms with Crippen LogP contribution in [0.2, 0.25) is 0 Å². The Morgan fingerprint density at radius 2 is 1.85 bits per heavy atom. The summed E-state index contributed by atoms with van der Waals surface area (Å²) in [6, 6.07) is 2.05. The molecule has 1 amide bonds. The van der Waals surface area contributed by atoms with Crippen molar-refractivity contribution in [1.29, 1.82) is 0 Å². The largest absolute Gasteiger partial charge is 0.341 e. The second-order valence-electron chi connectivity index (χ2n) is 10.8. The number of likely N-dealkylation sites (tertiary alicyclic amines) is 1. The minimum Gasteiger partial charge on any atom is -0.341 e. The summed E-state index contributed by atoms with van der Waals surface area (Å²) in [6.45, 7) is 2.63. The normalized spacial score (nSPS) is 30.1. The van der Waals surface area contributed by atoms with Crippen LogP contribution in [0.4, 0.5) is 17.6 Å². The fourth-order valence-corrected chi connectivity index (χ4v) is 6.76. The first-order chi connectivity index (χ1) is 16.2. The van der Waals surface area contributed by atoms with Crippen LogP contribution in [0.15, 0.2) is 6.07 Å². The first kappa shape index (κ1) is 19.8. The van der Waals surface area contributed by atoms with E-state index in [1.807, 2.05) is 4.90 Å². The molecule has 4 heterocycles. The van der Waals surface area contributed by atoms with Crippen molar-refractivity contribution in [3.05, 3.63) is 23.0 Å². The molecule has 8 heteroatoms. The highest BCUT2D eigenvalue weighted by molar-refractivity contribution is 5.85. The number of aryl methyl sites for hydroxylation is 1. The number of nitrogens with zero attached hydrogens (tertiary/aromatic N) is 5. The van der Waals surface area contributed by atoms with Gasteiger partial charge in [0.05, 0.1) is 5.69 Å². The van der Waals surface area contributed by atoms with Crippen LogP contribution in [-0.4, -0.2) is 56.6 Å². The van der Waals surface area contributed by atoms with E-state index in [-0.39, 0.29) is 11.9 Å². The Morgan fingerprint density at radius 1 is 1.00 bits per heavy atom. The molecule has 33 heavy (non-hydrogen) atoms. The summed E-state index contributed by atoms with van der Waals surface area (Å²) < 4.78 is 0. The highest BCUT2D eigenvalue weighted by atomic mass is 16.2. The smallest absolute Gasteiger partial charge is 0.245 e. The molecule has 0 bridgehead atoms. The van der Waals surface area contributed by atoms with Crippen molar-refractivity contribution in [3.63, 3.8) is 0 Å². The molecule has 2 N–H and O–H groups in total. The van der Waals surface area contributed by atoms with Gasteiger partial charge in [-0.25, -0.2) is 4.98 Å². The topological polar surface area (TPSA) is 90.0 Å². The number of aromatic nitrogens is 4. The molecule has 0 radical (unpaired) electrons. The van der Waals surface area contributed by atoms with E-state index in [1.54, 1.807) is 0 Å². The molecular formula is C25H33N7O. The molecule has 0 spiro atoms. The van der Waals surface area contributed by atoms with Gasteiger partial charge in [-0.15, -0.1) is 0 Å². The van der Waals surface area contributed by atoms with Gasteiger partial charge in [0.2, 0.25) is 11.9 Å². The Morgan fingerprint density at radius 3 is 2.70 bits per heavy atom. The highest BCUT2D eigenvalue weighted by Crippen LogP contribution is 2.57. The van der Waals surface area contributed by atoms with Gasteiger partial charge in [-0.1, -0.05) is 0 Å². The van der Waals surface area contributed by atoms with Gasteiger partial charge in [-0.3, -0.25) is 9.89 Å². The summed E-state index contributed by atoms with van der Waals surface area (Å²) in [4.78, 5) is 27.3. The molecule has 7 rings (SSSR count). The average molecular weight is 448 g/mol. The minimum atomic E-state index is -0.124. The van der Waals surface area contributed by atoms with E-state index >= 15 is 0 Å². The molecule has 3 aliphatic carbocycles. The number of carbonyl (C=O) groups is 1. The van der Waals surface area contributed by atoms with E-state index in [1.165, 1.54) is 30.5 Å². The predicted molar refractivity (Wildman–Crippen MR) is 126 cm³/mol. The standard InChI is InChI=1S/C25H33N7O/c33-24(31-8-1-2-9-31)21-7-4-10-32(21)25-26-19-6-3-5-18(19)23(28-25)27-22-14-20(29-30-22)17-12-15-11-16(15)13-17/h14-17,21H,1-13H2,(H2,26,27,28,29,30)/t15?,16?,17?,21-/m0/s1. The number of aromatic amines is 1. The number of rotatable bonds is 5. The zero-order valence-corrected chi connectivity index (χ0v) is 19.2. The summed E-state index contributed by atoms with van der Waals surface area (Å²) in [5, 5.41) is 11.4. The van der Waals surface area contributed by atoms with Crippen molar-refractivity contribution in [1.82, 2.24) is 25.1 Å². The quantitative estimate of drug-likeness (QED) is 0.729. The van der Waals surface area contributed by atoms with E-state index < -0.39 is 0 Å². The number of hydrogen-bond donors (Lipinski definition) is 2. The lowest BCUT2D eigenvalue weighted by atomic mass is 10.00. The number of hydrogen-bond acceptors (Lipinski definition) is 6. The van der Waals surface area contributed by atoms with Crippen molar-refractivity contribution in [2.45, 2.75) is 76.2 Å². The summed E-state index contributed by atoms with van der Waals surface area (Å²) in [7, 11) is 0. The number of amides is 1. The molecule has 2 aromatic rings. The molecule has 3 atom stereocenters. The van der Waals surface area contributed by atoms with Gasteiger partial charge in [0.25, 0.3) is 0 Å². The Hall–Kier alpha value is -2.64. The molecule has 2 saturated heterocycles. The molecule has 8 nitrogen and oxygen atoms in total. The molecule has 4 fully saturated rings. The van der Waals surface area contributed by atoms with E-state index in [0.29, 0.717) is 11.9 Å². The molecular weight excluding hydrogens is 414 g/mol. The monoisotopic (exact) mass is 447 g/mol. The Balaban J connectivity index is 1.15. The zero-order chi connectivity index (χ0) is 21.9. The molecule has 174 valence electrons. The number of anilines is 3. The molecule has 2 aliphatic heterocycles. The third kappa shape index (κ3) is 3.49. The third-order valence-corrected chi connectivity index (χ3v) is 8.66. The summed E-state index contributed by atoms with van der Waals surface area (Å²) in [5.41, 5.74) is 3.60. The van der Waals surface area contributed by atoms with Crippen LogP contribution in [-0.2, 0) is 17.6 Å². The number of fused-ring (bicyclic) bond motifs is 2. The van der Waals surface area contributed by atoms with Gasteiger partial charge in [-0.2, -0.15) is 10.1 Å². The molecule has 2 aromatic heterocycles. The lowest BCUT2D eigenvalue weighted by Gasteiger charge is -2.28. The maximum absolute atomic E-state index is 13.2. The fraction of sp³-hybridized carbons (Fsp3) is 0.680. The number of nitrogens with one attached hydrogen (secondary N) is 2. The van der Waals surface area contributed by atoms with Crippen LogP contribution >= 0.6 is 0 Å². The van der Waals surface area contributed by atoms with Crippen molar-refractivity contribution >= 4 is 23.5 Å². The van der Waals surface area contributed by atoms with Crippen molar-refractivity contribution in [3.8, 4) is 0 Å². The van der Waals surface area contributed by atoms with E-state index in [0.717, 1.165) is 93.7 Å². The van der Waals surface area contributed by atoms with Gasteiger partial charge >= 0.3 is 0 Å². The molecule has 0 aromatic carbocycles. The Labute approximate surface area is 194 Å². The second-order valence-corrected chi connectivity index (χ2v) is 10.8.